The van der Waals surface area contributed by atoms with Crippen molar-refractivity contribution in [3.63, 3.8) is 0 Å². The van der Waals surface area contributed by atoms with E-state index in [9.17, 15) is 0 Å². The van der Waals surface area contributed by atoms with Crippen molar-refractivity contribution in [2.75, 3.05) is 6.61 Å². The van der Waals surface area contributed by atoms with Gasteiger partial charge >= 0.3 is 0 Å². The summed E-state index contributed by atoms with van der Waals surface area (Å²) in [5.41, 5.74) is 1.27. The molecule has 0 radical (unpaired) electrons. The van der Waals surface area contributed by atoms with Crippen molar-refractivity contribution < 1.29 is 9.15 Å². The van der Waals surface area contributed by atoms with Crippen LogP contribution in [0.3, 0.4) is 0 Å². The number of aromatic nitrogens is 2. The highest BCUT2D eigenvalue weighted by molar-refractivity contribution is 5.40. The van der Waals surface area contributed by atoms with Crippen LogP contribution in [0.25, 0.3) is 0 Å². The molecule has 2 atom stereocenters. The Morgan fingerprint density at radius 1 is 1.30 bits per heavy atom. The summed E-state index contributed by atoms with van der Waals surface area (Å²) < 4.78 is 11.2. The van der Waals surface area contributed by atoms with Crippen molar-refractivity contribution >= 4 is 0 Å². The summed E-state index contributed by atoms with van der Waals surface area (Å²) in [6, 6.07) is 8.50. The maximum atomic E-state index is 5.71. The molecule has 0 saturated carbocycles. The lowest BCUT2D eigenvalue weighted by molar-refractivity contribution is 0.299. The maximum absolute atomic E-state index is 5.71. The normalized spacial score (nSPS) is 18.6. The third-order valence-electron chi connectivity index (χ3n) is 3.73. The van der Waals surface area contributed by atoms with Gasteiger partial charge in [-0.3, -0.25) is 0 Å². The minimum Gasteiger partial charge on any atom is -0.493 e. The highest BCUT2D eigenvalue weighted by Gasteiger charge is 2.28. The molecule has 1 aromatic heterocycles. The van der Waals surface area contributed by atoms with Gasteiger partial charge in [0.25, 0.3) is 0 Å². The fourth-order valence-corrected chi connectivity index (χ4v) is 2.49. The molecule has 0 saturated heterocycles. The van der Waals surface area contributed by atoms with Gasteiger partial charge in [0.05, 0.1) is 13.2 Å². The van der Waals surface area contributed by atoms with E-state index in [0.717, 1.165) is 18.8 Å². The second-order valence-electron chi connectivity index (χ2n) is 5.07. The van der Waals surface area contributed by atoms with Crippen LogP contribution in [0.4, 0.5) is 0 Å². The number of aryl methyl sites for hydroxylation is 1. The average Bonchev–Trinajstić information content (AvgIpc) is 3.11. The highest BCUT2D eigenvalue weighted by Crippen LogP contribution is 2.35. The summed E-state index contributed by atoms with van der Waals surface area (Å²) in [4.78, 5) is 0. The standard InChI is InChI=1S/C15H19N3O2/c1-3-14-17-18-15(20-14)8-16-10(2)12-9-19-13-7-5-4-6-11(12)13/h4-7,10,12,16H,3,8-9H2,1-2H3/t10-,12+/m0/s1. The zero-order valence-corrected chi connectivity index (χ0v) is 11.8. The van der Waals surface area contributed by atoms with Crippen LogP contribution in [0, 0.1) is 0 Å². The Kier molecular flexibility index (Phi) is 3.69. The molecular weight excluding hydrogens is 254 g/mol. The van der Waals surface area contributed by atoms with Crippen LogP contribution in [0.15, 0.2) is 28.7 Å². The van der Waals surface area contributed by atoms with Crippen molar-refractivity contribution in [1.82, 2.24) is 15.5 Å². The third kappa shape index (κ3) is 2.54. The topological polar surface area (TPSA) is 60.2 Å². The maximum Gasteiger partial charge on any atom is 0.230 e. The van der Waals surface area contributed by atoms with Crippen LogP contribution < -0.4 is 10.1 Å². The Morgan fingerprint density at radius 3 is 2.90 bits per heavy atom. The molecule has 5 heteroatoms. The number of nitrogens with one attached hydrogen (secondary N) is 1. The van der Waals surface area contributed by atoms with Gasteiger partial charge in [0.1, 0.15) is 5.75 Å². The first kappa shape index (κ1) is 13.1. The fourth-order valence-electron chi connectivity index (χ4n) is 2.49. The van der Waals surface area contributed by atoms with Gasteiger partial charge in [-0.25, -0.2) is 0 Å². The van der Waals surface area contributed by atoms with Gasteiger partial charge in [-0.15, -0.1) is 10.2 Å². The Hall–Kier alpha value is -1.88. The number of nitrogens with zero attached hydrogens (tertiary/aromatic N) is 2. The second-order valence-corrected chi connectivity index (χ2v) is 5.07. The number of ether oxygens (including phenoxy) is 1. The lowest BCUT2D eigenvalue weighted by atomic mass is 9.94. The Bertz CT molecular complexity index is 582. The van der Waals surface area contributed by atoms with E-state index in [1.165, 1.54) is 5.56 Å². The van der Waals surface area contributed by atoms with Crippen LogP contribution in [0.2, 0.25) is 0 Å². The van der Waals surface area contributed by atoms with E-state index in [1.807, 2.05) is 19.1 Å². The lowest BCUT2D eigenvalue weighted by Gasteiger charge is -2.18. The zero-order chi connectivity index (χ0) is 13.9. The molecule has 0 aliphatic carbocycles. The van der Waals surface area contributed by atoms with Crippen LogP contribution >= 0.6 is 0 Å². The summed E-state index contributed by atoms with van der Waals surface area (Å²) in [7, 11) is 0. The largest absolute Gasteiger partial charge is 0.493 e. The third-order valence-corrected chi connectivity index (χ3v) is 3.73. The number of hydrogen-bond donors (Lipinski definition) is 1. The lowest BCUT2D eigenvalue weighted by Crippen LogP contribution is -2.32. The Labute approximate surface area is 118 Å². The zero-order valence-electron chi connectivity index (χ0n) is 11.8. The molecule has 1 aliphatic rings. The number of benzene rings is 1. The number of rotatable bonds is 5. The summed E-state index contributed by atoms with van der Waals surface area (Å²) >= 11 is 0. The van der Waals surface area contributed by atoms with E-state index in [2.05, 4.69) is 34.6 Å². The molecule has 1 aromatic carbocycles. The fraction of sp³-hybridized carbons (Fsp3) is 0.467. The predicted molar refractivity (Wildman–Crippen MR) is 74.7 cm³/mol. The predicted octanol–water partition coefficient (Wildman–Crippen LogP) is 2.29. The Morgan fingerprint density at radius 2 is 2.10 bits per heavy atom. The first-order valence-electron chi connectivity index (χ1n) is 7.04. The molecule has 3 rings (SSSR count). The summed E-state index contributed by atoms with van der Waals surface area (Å²) in [6.07, 6.45) is 0.770. The number of hydrogen-bond acceptors (Lipinski definition) is 5. The van der Waals surface area contributed by atoms with Gasteiger partial charge < -0.3 is 14.5 Å². The van der Waals surface area contributed by atoms with E-state index in [1.54, 1.807) is 0 Å². The van der Waals surface area contributed by atoms with Gasteiger partial charge in [0.15, 0.2) is 0 Å². The van der Waals surface area contributed by atoms with E-state index >= 15 is 0 Å². The van der Waals surface area contributed by atoms with Gasteiger partial charge in [-0.2, -0.15) is 0 Å². The molecule has 2 aromatic rings. The van der Waals surface area contributed by atoms with Gasteiger partial charge in [0, 0.05) is 23.9 Å². The summed E-state index contributed by atoms with van der Waals surface area (Å²) in [5.74, 6) is 2.68. The first-order chi connectivity index (χ1) is 9.78. The minimum absolute atomic E-state index is 0.288. The molecule has 0 spiro atoms. The Balaban J connectivity index is 1.61. The summed E-state index contributed by atoms with van der Waals surface area (Å²) in [6.45, 7) is 5.47. The molecule has 106 valence electrons. The monoisotopic (exact) mass is 273 g/mol. The molecule has 20 heavy (non-hydrogen) atoms. The van der Waals surface area contributed by atoms with Crippen LogP contribution in [-0.2, 0) is 13.0 Å². The average molecular weight is 273 g/mol. The smallest absolute Gasteiger partial charge is 0.230 e. The molecule has 1 aliphatic heterocycles. The van der Waals surface area contributed by atoms with E-state index < -0.39 is 0 Å². The van der Waals surface area contributed by atoms with E-state index in [4.69, 9.17) is 9.15 Å². The molecule has 0 bridgehead atoms. The molecule has 0 amide bonds. The second kappa shape index (κ2) is 5.63. The van der Waals surface area contributed by atoms with Crippen LogP contribution in [0.5, 0.6) is 5.75 Å². The van der Waals surface area contributed by atoms with Gasteiger partial charge in [-0.05, 0) is 13.0 Å². The molecule has 0 unspecified atom stereocenters. The summed E-state index contributed by atoms with van der Waals surface area (Å²) in [5, 5.41) is 11.4. The SMILES string of the molecule is CCc1nnc(CN[C@@H](C)[C@H]2COc3ccccc32)o1. The quantitative estimate of drug-likeness (QED) is 0.905. The van der Waals surface area contributed by atoms with Crippen molar-refractivity contribution in [3.05, 3.63) is 41.6 Å². The van der Waals surface area contributed by atoms with E-state index in [-0.39, 0.29) is 6.04 Å². The molecule has 2 heterocycles. The van der Waals surface area contributed by atoms with Crippen molar-refractivity contribution in [3.8, 4) is 5.75 Å². The first-order valence-corrected chi connectivity index (χ1v) is 7.04. The van der Waals surface area contributed by atoms with Crippen molar-refractivity contribution in [2.45, 2.75) is 38.8 Å². The van der Waals surface area contributed by atoms with Crippen LogP contribution in [0.1, 0.15) is 37.1 Å². The van der Waals surface area contributed by atoms with E-state index in [0.29, 0.717) is 24.2 Å². The number of para-hydroxylation sites is 1. The van der Waals surface area contributed by atoms with Crippen molar-refractivity contribution in [1.29, 1.82) is 0 Å². The molecule has 1 N–H and O–H groups in total. The van der Waals surface area contributed by atoms with Crippen LogP contribution in [-0.4, -0.2) is 22.8 Å². The minimum atomic E-state index is 0.288. The number of fused-ring (bicyclic) bond motifs is 1. The van der Waals surface area contributed by atoms with Crippen molar-refractivity contribution in [2.24, 2.45) is 0 Å². The molecular formula is C15H19N3O2. The highest BCUT2D eigenvalue weighted by atomic mass is 16.5. The van der Waals surface area contributed by atoms with Gasteiger partial charge in [-0.1, -0.05) is 25.1 Å². The molecule has 0 fully saturated rings. The molecule has 5 nitrogen and oxygen atoms in total. The van der Waals surface area contributed by atoms with Gasteiger partial charge in [0.2, 0.25) is 11.8 Å².